The fourth-order valence-electron chi connectivity index (χ4n) is 2.33. The van der Waals surface area contributed by atoms with Crippen LogP contribution >= 0.6 is 11.3 Å². The SMILES string of the molecule is CC(C)(C)OC(=O)CC1CCc2nc(C(=O)O)sc2C1.[LiH]. The van der Waals surface area contributed by atoms with E-state index in [4.69, 9.17) is 9.84 Å². The van der Waals surface area contributed by atoms with Crippen LogP contribution in [0.4, 0.5) is 0 Å². The van der Waals surface area contributed by atoms with Gasteiger partial charge in [-0.1, -0.05) is 0 Å². The van der Waals surface area contributed by atoms with Gasteiger partial charge in [0, 0.05) is 11.3 Å². The molecule has 0 radical (unpaired) electrons. The maximum absolute atomic E-state index is 11.8. The second kappa shape index (κ2) is 6.95. The van der Waals surface area contributed by atoms with Crippen LogP contribution in [0.15, 0.2) is 0 Å². The predicted octanol–water partition coefficient (Wildman–Crippen LogP) is 2.03. The first kappa shape index (κ1) is 18.2. The van der Waals surface area contributed by atoms with Gasteiger partial charge >= 0.3 is 30.8 Å². The molecule has 1 aromatic rings. The van der Waals surface area contributed by atoms with Crippen LogP contribution in [0.3, 0.4) is 0 Å². The molecule has 2 rings (SSSR count). The summed E-state index contributed by atoms with van der Waals surface area (Å²) in [5.41, 5.74) is 0.422. The third-order valence-electron chi connectivity index (χ3n) is 3.10. The molecule has 112 valence electrons. The van der Waals surface area contributed by atoms with Crippen LogP contribution in [0.5, 0.6) is 0 Å². The van der Waals surface area contributed by atoms with Gasteiger partial charge in [0.25, 0.3) is 0 Å². The Balaban J connectivity index is 0.00000220. The normalized spacial score (nSPS) is 17.6. The van der Waals surface area contributed by atoms with Crippen LogP contribution in [-0.2, 0) is 22.4 Å². The number of thiazole rings is 1. The maximum atomic E-state index is 11.8. The zero-order valence-electron chi connectivity index (χ0n) is 11.9. The van der Waals surface area contributed by atoms with Gasteiger partial charge < -0.3 is 9.84 Å². The van der Waals surface area contributed by atoms with Crippen molar-refractivity contribution in [3.63, 3.8) is 0 Å². The van der Waals surface area contributed by atoms with Gasteiger partial charge in [0.1, 0.15) is 5.60 Å². The number of aromatic carboxylic acids is 1. The van der Waals surface area contributed by atoms with Crippen LogP contribution in [0.2, 0.25) is 0 Å². The number of aryl methyl sites for hydroxylation is 1. The summed E-state index contributed by atoms with van der Waals surface area (Å²) in [5.74, 6) is -0.943. The molecule has 1 heterocycles. The summed E-state index contributed by atoms with van der Waals surface area (Å²) in [7, 11) is 0. The van der Waals surface area contributed by atoms with Crippen molar-refractivity contribution in [1.29, 1.82) is 0 Å². The minimum atomic E-state index is -0.979. The molecule has 0 fully saturated rings. The van der Waals surface area contributed by atoms with Crippen molar-refractivity contribution < 1.29 is 19.4 Å². The van der Waals surface area contributed by atoms with E-state index < -0.39 is 11.6 Å². The molecule has 0 spiro atoms. The van der Waals surface area contributed by atoms with Gasteiger partial charge in [0.05, 0.1) is 5.69 Å². The molecular weight excluding hydrogens is 285 g/mol. The summed E-state index contributed by atoms with van der Waals surface area (Å²) >= 11 is 1.22. The van der Waals surface area contributed by atoms with E-state index in [1.165, 1.54) is 11.3 Å². The van der Waals surface area contributed by atoms with Gasteiger partial charge in [-0.05, 0) is 46.0 Å². The number of nitrogens with zero attached hydrogens (tertiary/aromatic N) is 1. The number of carboxylic acid groups (broad SMARTS) is 1. The number of aromatic nitrogens is 1. The van der Waals surface area contributed by atoms with Gasteiger partial charge in [0.2, 0.25) is 5.01 Å². The van der Waals surface area contributed by atoms with Crippen LogP contribution in [0.1, 0.15) is 54.0 Å². The number of hydrogen-bond donors (Lipinski definition) is 1. The molecule has 0 bridgehead atoms. The van der Waals surface area contributed by atoms with Gasteiger partial charge in [0.15, 0.2) is 0 Å². The molecule has 21 heavy (non-hydrogen) atoms. The van der Waals surface area contributed by atoms with Crippen LogP contribution in [0.25, 0.3) is 0 Å². The number of fused-ring (bicyclic) bond motifs is 1. The Morgan fingerprint density at radius 2 is 2.10 bits per heavy atom. The number of carboxylic acids is 1. The standard InChI is InChI=1S/C14H19NO4S.Li.H/c1-14(2,3)19-11(16)7-8-4-5-9-10(6-8)20-12(15-9)13(17)18;;/h8H,4-7H2,1-3H3,(H,17,18);;. The first-order valence-corrected chi connectivity index (χ1v) is 7.50. The van der Waals surface area contributed by atoms with Crippen molar-refractivity contribution in [3.8, 4) is 0 Å². The van der Waals surface area contributed by atoms with Crippen molar-refractivity contribution in [2.75, 3.05) is 0 Å². The summed E-state index contributed by atoms with van der Waals surface area (Å²) in [6, 6.07) is 0. The molecule has 0 saturated carbocycles. The Morgan fingerprint density at radius 1 is 1.43 bits per heavy atom. The van der Waals surface area contributed by atoms with E-state index in [1.807, 2.05) is 20.8 Å². The Hall–Kier alpha value is -0.833. The first-order chi connectivity index (χ1) is 9.24. The number of rotatable bonds is 3. The molecule has 0 amide bonds. The quantitative estimate of drug-likeness (QED) is 0.683. The molecule has 1 unspecified atom stereocenters. The van der Waals surface area contributed by atoms with Crippen molar-refractivity contribution in [1.82, 2.24) is 4.98 Å². The van der Waals surface area contributed by atoms with E-state index in [-0.39, 0.29) is 35.8 Å². The number of carbonyl (C=O) groups excluding carboxylic acids is 1. The molecule has 0 aliphatic heterocycles. The van der Waals surface area contributed by atoms with E-state index in [2.05, 4.69) is 4.98 Å². The average Bonchev–Trinajstić information content (AvgIpc) is 2.69. The summed E-state index contributed by atoms with van der Waals surface area (Å²) < 4.78 is 5.33. The van der Waals surface area contributed by atoms with Crippen molar-refractivity contribution >= 4 is 42.1 Å². The third kappa shape index (κ3) is 5.14. The predicted molar refractivity (Wildman–Crippen MR) is 82.2 cm³/mol. The molecule has 5 nitrogen and oxygen atoms in total. The molecule has 1 atom stereocenters. The third-order valence-corrected chi connectivity index (χ3v) is 4.21. The fraction of sp³-hybridized carbons (Fsp3) is 0.643. The average molecular weight is 305 g/mol. The van der Waals surface area contributed by atoms with Gasteiger partial charge in [-0.15, -0.1) is 11.3 Å². The Labute approximate surface area is 140 Å². The Kier molecular flexibility index (Phi) is 6.03. The summed E-state index contributed by atoms with van der Waals surface area (Å²) in [5, 5.41) is 9.09. The second-order valence-corrected chi connectivity index (χ2v) is 7.18. The van der Waals surface area contributed by atoms with Gasteiger partial charge in [-0.25, -0.2) is 9.78 Å². The molecule has 1 aliphatic rings. The van der Waals surface area contributed by atoms with E-state index in [0.29, 0.717) is 6.42 Å². The van der Waals surface area contributed by atoms with Crippen LogP contribution < -0.4 is 0 Å². The number of ether oxygens (including phenoxy) is 1. The van der Waals surface area contributed by atoms with Crippen molar-refractivity contribution in [3.05, 3.63) is 15.6 Å². The zero-order valence-corrected chi connectivity index (χ0v) is 12.7. The van der Waals surface area contributed by atoms with E-state index in [9.17, 15) is 9.59 Å². The second-order valence-electron chi connectivity index (χ2n) is 6.09. The van der Waals surface area contributed by atoms with Crippen molar-refractivity contribution in [2.24, 2.45) is 5.92 Å². The topological polar surface area (TPSA) is 76.5 Å². The fourth-order valence-corrected chi connectivity index (χ4v) is 3.39. The monoisotopic (exact) mass is 305 g/mol. The Morgan fingerprint density at radius 3 is 2.67 bits per heavy atom. The summed E-state index contributed by atoms with van der Waals surface area (Å²) in [6.07, 6.45) is 2.71. The van der Waals surface area contributed by atoms with Gasteiger partial charge in [-0.2, -0.15) is 0 Å². The zero-order chi connectivity index (χ0) is 14.9. The van der Waals surface area contributed by atoms with Gasteiger partial charge in [-0.3, -0.25) is 4.79 Å². The number of carbonyl (C=O) groups is 2. The summed E-state index contributed by atoms with van der Waals surface area (Å²) in [4.78, 5) is 27.9. The number of esters is 1. The summed E-state index contributed by atoms with van der Waals surface area (Å²) in [6.45, 7) is 5.56. The number of hydrogen-bond acceptors (Lipinski definition) is 5. The van der Waals surface area contributed by atoms with Crippen LogP contribution in [0, 0.1) is 5.92 Å². The minimum absolute atomic E-state index is 0. The molecule has 0 saturated heterocycles. The van der Waals surface area contributed by atoms with Crippen LogP contribution in [-0.4, -0.2) is 46.5 Å². The molecule has 1 aliphatic carbocycles. The first-order valence-electron chi connectivity index (χ1n) is 6.68. The van der Waals surface area contributed by atoms with Crippen molar-refractivity contribution in [2.45, 2.75) is 52.1 Å². The Bertz CT molecular complexity index is 536. The molecule has 1 N–H and O–H groups in total. The van der Waals surface area contributed by atoms with E-state index in [0.717, 1.165) is 29.8 Å². The molecular formula is C14H20LiNO4S. The van der Waals surface area contributed by atoms with E-state index in [1.54, 1.807) is 0 Å². The molecule has 7 heteroatoms. The molecule has 1 aromatic heterocycles. The van der Waals surface area contributed by atoms with E-state index >= 15 is 0 Å². The molecule has 0 aromatic carbocycles.